The maximum atomic E-state index is 13.3. The van der Waals surface area contributed by atoms with E-state index < -0.39 is 25.0 Å². The lowest BCUT2D eigenvalue weighted by Gasteiger charge is -2.58. The fourth-order valence-corrected chi connectivity index (χ4v) is 17.5. The van der Waals surface area contributed by atoms with Gasteiger partial charge in [0.1, 0.15) is 6.10 Å². The number of ether oxygens (including phenoxy) is 1. The molecule has 0 saturated heterocycles. The topological polar surface area (TPSA) is 54.0 Å². The van der Waals surface area contributed by atoms with E-state index in [1.165, 1.54) is 77.0 Å². The summed E-state index contributed by atoms with van der Waals surface area (Å²) < 4.78 is 26.9. The number of fused-ring (bicyclic) bond motifs is 5. The van der Waals surface area contributed by atoms with E-state index >= 15 is 0 Å². The molecule has 0 unspecified atom stereocenters. The molecule has 5 rings (SSSR count). The number of hydrogen-bond donors (Lipinski definition) is 0. The summed E-state index contributed by atoms with van der Waals surface area (Å²) in [7, 11) is -5.27. The van der Waals surface area contributed by atoms with Crippen molar-refractivity contribution in [3.63, 3.8) is 0 Å². The van der Waals surface area contributed by atoms with Crippen molar-refractivity contribution in [1.82, 2.24) is 0 Å². The van der Waals surface area contributed by atoms with Gasteiger partial charge in [0.25, 0.3) is 0 Å². The molecule has 0 aromatic rings. The molecule has 0 aliphatic heterocycles. The average molecular weight is 940 g/mol. The predicted molar refractivity (Wildman–Crippen MR) is 280 cm³/mol. The van der Waals surface area contributed by atoms with Crippen molar-refractivity contribution in [2.24, 2.45) is 58.2 Å². The van der Waals surface area contributed by atoms with Crippen molar-refractivity contribution in [3.8, 4) is 0 Å². The van der Waals surface area contributed by atoms with Crippen molar-refractivity contribution in [1.29, 1.82) is 0 Å². The van der Waals surface area contributed by atoms with Crippen LogP contribution in [-0.4, -0.2) is 55.3 Å². The molecule has 4 saturated carbocycles. The van der Waals surface area contributed by atoms with Crippen molar-refractivity contribution in [3.05, 3.63) is 36.0 Å². The van der Waals surface area contributed by atoms with E-state index in [1.54, 1.807) is 5.57 Å². The van der Waals surface area contributed by atoms with Gasteiger partial charge in [-0.1, -0.05) is 116 Å². The van der Waals surface area contributed by atoms with Gasteiger partial charge in [-0.05, 0) is 188 Å². The molecule has 5 nitrogen and oxygen atoms in total. The highest BCUT2D eigenvalue weighted by Gasteiger charge is 2.59. The largest absolute Gasteiger partial charge is 0.462 e. The number of esters is 1. The summed E-state index contributed by atoms with van der Waals surface area (Å²) >= 11 is 0. The van der Waals surface area contributed by atoms with Crippen LogP contribution < -0.4 is 0 Å². The highest BCUT2D eigenvalue weighted by Crippen LogP contribution is 2.67. The number of carbonyl (C=O) groups excluding carboxylic acids is 1. The van der Waals surface area contributed by atoms with Gasteiger partial charge in [0.05, 0.1) is 18.3 Å². The van der Waals surface area contributed by atoms with Crippen LogP contribution in [0.1, 0.15) is 170 Å². The molecule has 13 atom stereocenters. The lowest BCUT2D eigenvalue weighted by atomic mass is 9.47. The quantitative estimate of drug-likeness (QED) is 0.0418. The van der Waals surface area contributed by atoms with Crippen LogP contribution in [0, 0.1) is 58.2 Å². The Balaban J connectivity index is 1.14. The third-order valence-corrected chi connectivity index (χ3v) is 19.9. The first-order chi connectivity index (χ1) is 29.9. The molecule has 0 bridgehead atoms. The Bertz CT molecular complexity index is 1550. The maximum Gasteiger partial charge on any atom is 0.306 e. The SMILES string of the molecule is CCCCC[C@@H](/C=C/[C@H]1[C@@H](C/C=C\CCCC(=O)O[C@H]2CC[C@@]3(C)C(=CC[C@H]4[C@@H]5CC[C@H]([C@H](C)CCCC(C)C)[C@@]5(C)CC[C@@H]43)C2)[C@@H](O[Si](C)(C)C)C[C@H]1O[Si](C)(C)C)O[Si](C)(C)C. The van der Waals surface area contributed by atoms with Crippen LogP contribution >= 0.6 is 0 Å². The Hall–Kier alpha value is -0.779. The summed E-state index contributed by atoms with van der Waals surface area (Å²) in [5.41, 5.74) is 2.42. The fourth-order valence-electron chi connectivity index (χ4n) is 14.1. The molecule has 5 aliphatic rings. The van der Waals surface area contributed by atoms with Crippen LogP contribution in [0.3, 0.4) is 0 Å². The van der Waals surface area contributed by atoms with E-state index in [0.717, 1.165) is 80.5 Å². The minimum Gasteiger partial charge on any atom is -0.462 e. The van der Waals surface area contributed by atoms with Gasteiger partial charge in [0.15, 0.2) is 25.0 Å². The Morgan fingerprint density at radius 1 is 0.797 bits per heavy atom. The zero-order valence-electron chi connectivity index (χ0n) is 44.5. The van der Waals surface area contributed by atoms with Gasteiger partial charge in [0.2, 0.25) is 0 Å². The Labute approximate surface area is 399 Å². The van der Waals surface area contributed by atoms with Gasteiger partial charge in [-0.3, -0.25) is 4.79 Å². The van der Waals surface area contributed by atoms with Crippen LogP contribution in [0.4, 0.5) is 0 Å². The molecular weight excluding hydrogens is 837 g/mol. The molecule has 368 valence electrons. The second-order valence-corrected chi connectivity index (χ2v) is 39.3. The molecule has 8 heteroatoms. The first-order valence-corrected chi connectivity index (χ1v) is 37.4. The van der Waals surface area contributed by atoms with Gasteiger partial charge in [0, 0.05) is 18.8 Å². The van der Waals surface area contributed by atoms with Gasteiger partial charge < -0.3 is 18.0 Å². The average Bonchev–Trinajstić information content (AvgIpc) is 3.68. The Morgan fingerprint density at radius 3 is 2.19 bits per heavy atom. The van der Waals surface area contributed by atoms with Gasteiger partial charge in [-0.25, -0.2) is 0 Å². The third-order valence-electron chi connectivity index (χ3n) is 16.9. The van der Waals surface area contributed by atoms with Crippen molar-refractivity contribution in [2.45, 2.75) is 253 Å². The standard InChI is InChI=1S/C56H102O5Si3/c1-16-17-20-26-44(59-62(7,8)9)30-32-47-46(52(60-63(10,11)12)40-53(47)61-64(13,14)15)27-21-18-19-22-28-54(57)58-45-35-37-55(5)43(39-45)29-31-48-50-34-33-49(42(4)25-23-24-41(2)3)56(50,6)38-36-51(48)55/h18,21,29-30,32,41-42,44-53H,16-17,19-20,22-28,31,33-40H2,1-15H3/b21-18-,32-30+/t42-,44+,45+,46-,47+,48+,49-,50+,51+,52+,53-,55+,56-/m1/s1. The Morgan fingerprint density at radius 2 is 1.52 bits per heavy atom. The molecule has 4 fully saturated rings. The van der Waals surface area contributed by atoms with E-state index in [2.05, 4.69) is 131 Å². The van der Waals surface area contributed by atoms with E-state index in [0.29, 0.717) is 23.7 Å². The minimum absolute atomic E-state index is 0.00538. The highest BCUT2D eigenvalue weighted by molar-refractivity contribution is 6.70. The molecular formula is C56H102O5Si3. The number of unbranched alkanes of at least 4 members (excludes halogenated alkanes) is 3. The first-order valence-electron chi connectivity index (χ1n) is 27.2. The van der Waals surface area contributed by atoms with E-state index in [4.69, 9.17) is 18.0 Å². The van der Waals surface area contributed by atoms with Crippen molar-refractivity contribution in [2.75, 3.05) is 0 Å². The molecule has 0 amide bonds. The third kappa shape index (κ3) is 15.1. The highest BCUT2D eigenvalue weighted by atomic mass is 28.4. The normalized spacial score (nSPS) is 34.5. The second-order valence-electron chi connectivity index (χ2n) is 25.9. The molecule has 0 spiro atoms. The van der Waals surface area contributed by atoms with Gasteiger partial charge >= 0.3 is 5.97 Å². The lowest BCUT2D eigenvalue weighted by molar-refractivity contribution is -0.151. The maximum absolute atomic E-state index is 13.3. The molecule has 0 radical (unpaired) electrons. The summed E-state index contributed by atoms with van der Waals surface area (Å²) in [6.07, 6.45) is 36.0. The fraction of sp³-hybridized carbons (Fsp3) is 0.875. The predicted octanol–water partition coefficient (Wildman–Crippen LogP) is 16.5. The van der Waals surface area contributed by atoms with Crippen LogP contribution in [-0.2, 0) is 22.8 Å². The van der Waals surface area contributed by atoms with Crippen LogP contribution in [0.15, 0.2) is 36.0 Å². The smallest absolute Gasteiger partial charge is 0.306 e. The zero-order valence-corrected chi connectivity index (χ0v) is 47.5. The summed E-state index contributed by atoms with van der Waals surface area (Å²) in [6, 6.07) is 0. The van der Waals surface area contributed by atoms with E-state index in [1.807, 2.05) is 0 Å². The first kappa shape index (κ1) is 54.2. The molecule has 0 aromatic carbocycles. The van der Waals surface area contributed by atoms with Crippen LogP contribution in [0.25, 0.3) is 0 Å². The molecule has 0 N–H and O–H groups in total. The molecule has 5 aliphatic carbocycles. The van der Waals surface area contributed by atoms with Gasteiger partial charge in [-0.15, -0.1) is 0 Å². The van der Waals surface area contributed by atoms with Crippen LogP contribution in [0.5, 0.6) is 0 Å². The number of carbonyl (C=O) groups is 1. The number of rotatable bonds is 24. The second kappa shape index (κ2) is 23.2. The zero-order chi connectivity index (χ0) is 47.1. The summed E-state index contributed by atoms with van der Waals surface area (Å²) in [5.74, 6) is 5.74. The number of allylic oxidation sites excluding steroid dienone is 3. The molecule has 0 heterocycles. The summed E-state index contributed by atoms with van der Waals surface area (Å²) in [6.45, 7) is 35.8. The monoisotopic (exact) mass is 939 g/mol. The lowest BCUT2D eigenvalue weighted by Crippen LogP contribution is -2.51. The Kier molecular flexibility index (Phi) is 19.6. The van der Waals surface area contributed by atoms with Gasteiger partial charge in [-0.2, -0.15) is 0 Å². The van der Waals surface area contributed by atoms with Crippen molar-refractivity contribution < 1.29 is 22.8 Å². The molecule has 0 aromatic heterocycles. The van der Waals surface area contributed by atoms with E-state index in [-0.39, 0.29) is 35.8 Å². The summed E-state index contributed by atoms with van der Waals surface area (Å²) in [5, 5.41) is 0. The van der Waals surface area contributed by atoms with Crippen molar-refractivity contribution >= 4 is 30.9 Å². The molecule has 64 heavy (non-hydrogen) atoms. The number of hydrogen-bond acceptors (Lipinski definition) is 5. The van der Waals surface area contributed by atoms with E-state index in [9.17, 15) is 4.79 Å². The summed E-state index contributed by atoms with van der Waals surface area (Å²) in [4.78, 5) is 13.3. The minimum atomic E-state index is -1.78. The van der Waals surface area contributed by atoms with Crippen LogP contribution in [0.2, 0.25) is 58.9 Å².